The molecule has 2 nitrogen and oxygen atoms in total. The molecule has 0 bridgehead atoms. The third kappa shape index (κ3) is 19.9. The van der Waals surface area contributed by atoms with E-state index in [1.165, 1.54) is 103 Å². The van der Waals surface area contributed by atoms with E-state index in [0.717, 1.165) is 13.2 Å². The van der Waals surface area contributed by atoms with Crippen molar-refractivity contribution in [2.24, 2.45) is 0 Å². The molecule has 0 aliphatic carbocycles. The first-order valence-electron chi connectivity index (χ1n) is 9.89. The summed E-state index contributed by atoms with van der Waals surface area (Å²) in [5.41, 5.74) is 0. The third-order valence-electron chi connectivity index (χ3n) is 4.45. The van der Waals surface area contributed by atoms with Crippen molar-refractivity contribution in [1.82, 2.24) is 0 Å². The molecular weight excluding hydrogens is 272 g/mol. The average molecular weight is 315 g/mol. The molecule has 0 aliphatic rings. The maximum Gasteiger partial charge on any atom is 0.0462 e. The van der Waals surface area contributed by atoms with Crippen molar-refractivity contribution >= 4 is 0 Å². The SMILES string of the molecule is COCCCCCCCCCCCCCCCCCCOC. The van der Waals surface area contributed by atoms with Crippen LogP contribution in [0.4, 0.5) is 0 Å². The van der Waals surface area contributed by atoms with Gasteiger partial charge in [-0.25, -0.2) is 0 Å². The number of rotatable bonds is 19. The van der Waals surface area contributed by atoms with Gasteiger partial charge < -0.3 is 9.47 Å². The van der Waals surface area contributed by atoms with E-state index in [1.54, 1.807) is 14.2 Å². The van der Waals surface area contributed by atoms with Gasteiger partial charge >= 0.3 is 0 Å². The maximum absolute atomic E-state index is 5.07. The summed E-state index contributed by atoms with van der Waals surface area (Å²) in [6.45, 7) is 1.88. The molecule has 0 aromatic heterocycles. The average Bonchev–Trinajstić information content (AvgIpc) is 2.54. The predicted octanol–water partition coefficient (Wildman–Crippen LogP) is 6.52. The number of ether oxygens (including phenoxy) is 2. The molecule has 0 saturated heterocycles. The van der Waals surface area contributed by atoms with Gasteiger partial charge in [0.15, 0.2) is 0 Å². The van der Waals surface area contributed by atoms with Crippen LogP contribution in [-0.2, 0) is 9.47 Å². The van der Waals surface area contributed by atoms with Crippen LogP contribution in [-0.4, -0.2) is 27.4 Å². The molecule has 0 spiro atoms. The lowest BCUT2D eigenvalue weighted by atomic mass is 10.0. The molecule has 0 heterocycles. The van der Waals surface area contributed by atoms with Gasteiger partial charge in [-0.2, -0.15) is 0 Å². The molecule has 0 N–H and O–H groups in total. The summed E-state index contributed by atoms with van der Waals surface area (Å²) in [7, 11) is 3.59. The second-order valence-electron chi connectivity index (χ2n) is 6.64. The van der Waals surface area contributed by atoms with Crippen LogP contribution < -0.4 is 0 Å². The van der Waals surface area contributed by atoms with E-state index in [9.17, 15) is 0 Å². The van der Waals surface area contributed by atoms with Crippen LogP contribution in [0.1, 0.15) is 103 Å². The normalized spacial score (nSPS) is 11.2. The molecule has 134 valence electrons. The largest absolute Gasteiger partial charge is 0.385 e. The Morgan fingerprint density at radius 3 is 0.682 bits per heavy atom. The Balaban J connectivity index is 2.91. The highest BCUT2D eigenvalue weighted by Crippen LogP contribution is 2.13. The number of hydrogen-bond donors (Lipinski definition) is 0. The number of methoxy groups -OCH3 is 2. The summed E-state index contributed by atoms with van der Waals surface area (Å²) in [5.74, 6) is 0. The first-order chi connectivity index (χ1) is 10.9. The lowest BCUT2D eigenvalue weighted by Gasteiger charge is -2.03. The number of unbranched alkanes of at least 4 members (excludes halogenated alkanes) is 15. The van der Waals surface area contributed by atoms with Gasteiger partial charge in [-0.3, -0.25) is 0 Å². The van der Waals surface area contributed by atoms with Crippen molar-refractivity contribution in [3.63, 3.8) is 0 Å². The molecule has 0 saturated carbocycles. The van der Waals surface area contributed by atoms with Gasteiger partial charge in [0.25, 0.3) is 0 Å². The zero-order valence-corrected chi connectivity index (χ0v) is 15.5. The second kappa shape index (κ2) is 20.9. The molecule has 0 amide bonds. The molecular formula is C20H42O2. The van der Waals surface area contributed by atoms with Crippen molar-refractivity contribution in [3.05, 3.63) is 0 Å². The molecule has 0 unspecified atom stereocenters. The molecule has 0 aliphatic heterocycles. The highest BCUT2D eigenvalue weighted by atomic mass is 16.5. The lowest BCUT2D eigenvalue weighted by molar-refractivity contribution is 0.192. The minimum absolute atomic E-state index is 0.938. The van der Waals surface area contributed by atoms with Gasteiger partial charge in [-0.15, -0.1) is 0 Å². The van der Waals surface area contributed by atoms with Gasteiger partial charge in [-0.1, -0.05) is 89.9 Å². The summed E-state index contributed by atoms with van der Waals surface area (Å²) in [6, 6.07) is 0. The van der Waals surface area contributed by atoms with Gasteiger partial charge in [-0.05, 0) is 12.8 Å². The van der Waals surface area contributed by atoms with Crippen LogP contribution in [0.3, 0.4) is 0 Å². The van der Waals surface area contributed by atoms with E-state index in [-0.39, 0.29) is 0 Å². The fourth-order valence-electron chi connectivity index (χ4n) is 2.97. The predicted molar refractivity (Wildman–Crippen MR) is 97.6 cm³/mol. The molecule has 0 aromatic rings. The van der Waals surface area contributed by atoms with E-state index in [4.69, 9.17) is 9.47 Å². The second-order valence-corrected chi connectivity index (χ2v) is 6.64. The molecule has 2 heteroatoms. The quantitative estimate of drug-likeness (QED) is 0.253. The zero-order chi connectivity index (χ0) is 16.1. The van der Waals surface area contributed by atoms with Gasteiger partial charge in [0.1, 0.15) is 0 Å². The molecule has 0 radical (unpaired) electrons. The summed E-state index contributed by atoms with van der Waals surface area (Å²) in [5, 5.41) is 0. The minimum Gasteiger partial charge on any atom is -0.385 e. The Bertz CT molecular complexity index is 163. The molecule has 0 rings (SSSR count). The van der Waals surface area contributed by atoms with Crippen molar-refractivity contribution in [3.8, 4) is 0 Å². The molecule has 22 heavy (non-hydrogen) atoms. The first kappa shape index (κ1) is 21.9. The Morgan fingerprint density at radius 1 is 0.318 bits per heavy atom. The van der Waals surface area contributed by atoms with Crippen molar-refractivity contribution in [2.75, 3.05) is 27.4 Å². The van der Waals surface area contributed by atoms with Gasteiger partial charge in [0, 0.05) is 27.4 Å². The third-order valence-corrected chi connectivity index (χ3v) is 4.45. The minimum atomic E-state index is 0.938. The fourth-order valence-corrected chi connectivity index (χ4v) is 2.97. The topological polar surface area (TPSA) is 18.5 Å². The zero-order valence-electron chi connectivity index (χ0n) is 15.5. The van der Waals surface area contributed by atoms with Gasteiger partial charge in [0.05, 0.1) is 0 Å². The molecule has 0 fully saturated rings. The smallest absolute Gasteiger partial charge is 0.0462 e. The Hall–Kier alpha value is -0.0800. The van der Waals surface area contributed by atoms with Gasteiger partial charge in [0.2, 0.25) is 0 Å². The first-order valence-corrected chi connectivity index (χ1v) is 9.89. The van der Waals surface area contributed by atoms with E-state index < -0.39 is 0 Å². The van der Waals surface area contributed by atoms with E-state index in [0.29, 0.717) is 0 Å². The summed E-state index contributed by atoms with van der Waals surface area (Å²) < 4.78 is 10.1. The van der Waals surface area contributed by atoms with E-state index in [2.05, 4.69) is 0 Å². The standard InChI is InChI=1S/C20H42O2/c1-21-19-17-15-13-11-9-7-5-3-4-6-8-10-12-14-16-18-20-22-2/h3-20H2,1-2H3. The van der Waals surface area contributed by atoms with Crippen LogP contribution in [0.2, 0.25) is 0 Å². The van der Waals surface area contributed by atoms with Crippen LogP contribution in [0.15, 0.2) is 0 Å². The van der Waals surface area contributed by atoms with Crippen LogP contribution in [0, 0.1) is 0 Å². The van der Waals surface area contributed by atoms with Crippen molar-refractivity contribution in [1.29, 1.82) is 0 Å². The van der Waals surface area contributed by atoms with Crippen molar-refractivity contribution in [2.45, 2.75) is 103 Å². The lowest BCUT2D eigenvalue weighted by Crippen LogP contribution is -1.88. The number of hydrogen-bond acceptors (Lipinski definition) is 2. The van der Waals surface area contributed by atoms with Crippen molar-refractivity contribution < 1.29 is 9.47 Å². The summed E-state index contributed by atoms with van der Waals surface area (Å²) in [6.07, 6.45) is 22.4. The monoisotopic (exact) mass is 314 g/mol. The molecule has 0 atom stereocenters. The van der Waals surface area contributed by atoms with Crippen LogP contribution in [0.25, 0.3) is 0 Å². The Labute approximate surface area is 140 Å². The fraction of sp³-hybridized carbons (Fsp3) is 1.00. The van der Waals surface area contributed by atoms with Crippen LogP contribution in [0.5, 0.6) is 0 Å². The molecule has 0 aromatic carbocycles. The highest BCUT2D eigenvalue weighted by molar-refractivity contribution is 4.50. The van der Waals surface area contributed by atoms with E-state index in [1.807, 2.05) is 0 Å². The summed E-state index contributed by atoms with van der Waals surface area (Å²) >= 11 is 0. The van der Waals surface area contributed by atoms with Crippen LogP contribution >= 0.6 is 0 Å². The highest BCUT2D eigenvalue weighted by Gasteiger charge is 1.94. The Morgan fingerprint density at radius 2 is 0.500 bits per heavy atom. The van der Waals surface area contributed by atoms with E-state index >= 15 is 0 Å². The summed E-state index contributed by atoms with van der Waals surface area (Å²) in [4.78, 5) is 0. The maximum atomic E-state index is 5.07. The Kier molecular flexibility index (Phi) is 20.8.